The van der Waals surface area contributed by atoms with Gasteiger partial charge in [0.15, 0.2) is 0 Å². The van der Waals surface area contributed by atoms with Crippen molar-refractivity contribution in [1.29, 1.82) is 0 Å². The Bertz CT molecular complexity index is 1330. The van der Waals surface area contributed by atoms with Crippen LogP contribution < -0.4 is 20.7 Å². The molecule has 1 unspecified atom stereocenters. The van der Waals surface area contributed by atoms with Gasteiger partial charge in [-0.3, -0.25) is 14.4 Å². The zero-order valence-electron chi connectivity index (χ0n) is 21.7. The summed E-state index contributed by atoms with van der Waals surface area (Å²) in [5, 5.41) is 14.0. The van der Waals surface area contributed by atoms with Gasteiger partial charge in [0.25, 0.3) is 5.88 Å². The molecule has 1 fully saturated rings. The maximum absolute atomic E-state index is 13.2. The molecule has 0 radical (unpaired) electrons. The fourth-order valence-corrected chi connectivity index (χ4v) is 5.00. The molecule has 0 bridgehead atoms. The van der Waals surface area contributed by atoms with E-state index in [2.05, 4.69) is 48.9 Å². The lowest BCUT2D eigenvalue weighted by Crippen LogP contribution is -2.52. The Balaban J connectivity index is 1.38. The number of carbonyl (C=O) groups excluding carboxylic acids is 1. The number of carbonyl (C=O) groups is 1. The van der Waals surface area contributed by atoms with Gasteiger partial charge >= 0.3 is 0 Å². The van der Waals surface area contributed by atoms with E-state index in [-0.39, 0.29) is 11.9 Å². The number of rotatable bonds is 8. The highest BCUT2D eigenvalue weighted by molar-refractivity contribution is 5.96. The third kappa shape index (κ3) is 5.05. The summed E-state index contributed by atoms with van der Waals surface area (Å²) in [6, 6.07) is 1.81. The van der Waals surface area contributed by atoms with Crippen LogP contribution in [-0.2, 0) is 18.3 Å². The molecular weight excluding hydrogens is 470 g/mol. The van der Waals surface area contributed by atoms with Crippen molar-refractivity contribution in [1.82, 2.24) is 34.9 Å². The van der Waals surface area contributed by atoms with Gasteiger partial charge in [0.2, 0.25) is 11.9 Å². The second-order valence-electron chi connectivity index (χ2n) is 9.28. The maximum Gasteiger partial charge on any atom is 0.256 e. The Morgan fingerprint density at radius 2 is 2.08 bits per heavy atom. The van der Waals surface area contributed by atoms with Crippen LogP contribution in [0.2, 0.25) is 0 Å². The lowest BCUT2D eigenvalue weighted by Gasteiger charge is -2.33. The first kappa shape index (κ1) is 24.8. The number of allylic oxidation sites excluding steroid dienone is 1. The predicted molar refractivity (Wildman–Crippen MR) is 142 cm³/mol. The number of anilines is 3. The largest absolute Gasteiger partial charge is 0.478 e. The lowest BCUT2D eigenvalue weighted by atomic mass is 10.0. The summed E-state index contributed by atoms with van der Waals surface area (Å²) in [6.45, 7) is 7.58. The molecule has 1 atom stereocenters. The molecule has 0 aromatic carbocycles. The molecule has 11 nitrogen and oxygen atoms in total. The Morgan fingerprint density at radius 1 is 1.27 bits per heavy atom. The van der Waals surface area contributed by atoms with E-state index < -0.39 is 0 Å². The smallest absolute Gasteiger partial charge is 0.256 e. The molecule has 3 aromatic heterocycles. The Labute approximate surface area is 216 Å². The number of pyridine rings is 1. The van der Waals surface area contributed by atoms with Crippen LogP contribution in [0.1, 0.15) is 35.7 Å². The number of fused-ring (bicyclic) bond motifs is 1. The fraction of sp³-hybridized carbons (Fsp3) is 0.423. The van der Waals surface area contributed by atoms with Crippen molar-refractivity contribution in [3.05, 3.63) is 53.1 Å². The molecule has 3 N–H and O–H groups in total. The number of amides is 1. The van der Waals surface area contributed by atoms with E-state index in [4.69, 9.17) is 9.72 Å². The molecule has 1 amide bonds. The van der Waals surface area contributed by atoms with Gasteiger partial charge in [-0.25, -0.2) is 15.0 Å². The SMILES string of the molecule is CCC(C(=O)Nc1nccc2c1CC=C2c1nc(Nc2cn(C)nc2OC)ncc1C)N1CCNCC1. The monoisotopic (exact) mass is 503 g/mol. The minimum absolute atomic E-state index is 0.00568. The van der Waals surface area contributed by atoms with E-state index >= 15 is 0 Å². The third-order valence-electron chi connectivity index (χ3n) is 6.84. The fourth-order valence-electron chi connectivity index (χ4n) is 5.00. The minimum atomic E-state index is -0.171. The van der Waals surface area contributed by atoms with Crippen molar-refractivity contribution in [2.75, 3.05) is 43.9 Å². The number of methoxy groups -OCH3 is 1. The third-order valence-corrected chi connectivity index (χ3v) is 6.84. The molecule has 1 aliphatic carbocycles. The first-order valence-electron chi connectivity index (χ1n) is 12.6. The summed E-state index contributed by atoms with van der Waals surface area (Å²) in [5.74, 6) is 1.53. The molecule has 3 aromatic rings. The molecule has 11 heteroatoms. The number of aromatic nitrogens is 5. The number of hydrogen-bond donors (Lipinski definition) is 3. The highest BCUT2D eigenvalue weighted by atomic mass is 16.5. The van der Waals surface area contributed by atoms with Gasteiger partial charge in [0.05, 0.1) is 25.0 Å². The molecule has 5 rings (SSSR count). The summed E-state index contributed by atoms with van der Waals surface area (Å²) >= 11 is 0. The van der Waals surface area contributed by atoms with Gasteiger partial charge in [-0.2, -0.15) is 0 Å². The highest BCUT2D eigenvalue weighted by Gasteiger charge is 2.28. The number of nitrogens with zero attached hydrogens (tertiary/aromatic N) is 6. The van der Waals surface area contributed by atoms with E-state index in [1.165, 1.54) is 0 Å². The number of nitrogens with one attached hydrogen (secondary N) is 3. The van der Waals surface area contributed by atoms with Crippen LogP contribution in [0.4, 0.5) is 17.5 Å². The van der Waals surface area contributed by atoms with Crippen molar-refractivity contribution in [3.63, 3.8) is 0 Å². The van der Waals surface area contributed by atoms with E-state index in [9.17, 15) is 4.79 Å². The Morgan fingerprint density at radius 3 is 2.84 bits per heavy atom. The molecule has 37 heavy (non-hydrogen) atoms. The van der Waals surface area contributed by atoms with Crippen LogP contribution in [0.5, 0.6) is 5.88 Å². The molecule has 0 saturated carbocycles. The second-order valence-corrected chi connectivity index (χ2v) is 9.28. The molecule has 0 spiro atoms. The van der Waals surface area contributed by atoms with E-state index in [1.54, 1.807) is 24.2 Å². The summed E-state index contributed by atoms with van der Waals surface area (Å²) < 4.78 is 7.00. The van der Waals surface area contributed by atoms with Gasteiger partial charge in [-0.05, 0) is 37.0 Å². The first-order chi connectivity index (χ1) is 18.0. The Hall–Kier alpha value is -3.83. The summed E-state index contributed by atoms with van der Waals surface area (Å²) in [4.78, 5) is 29.3. The van der Waals surface area contributed by atoms with E-state index in [0.717, 1.165) is 60.6 Å². The van der Waals surface area contributed by atoms with Crippen molar-refractivity contribution in [2.24, 2.45) is 7.05 Å². The first-order valence-corrected chi connectivity index (χ1v) is 12.6. The number of aryl methyl sites for hydroxylation is 2. The molecule has 2 aliphatic rings. The van der Waals surface area contributed by atoms with Crippen LogP contribution in [0.15, 0.2) is 30.7 Å². The van der Waals surface area contributed by atoms with Crippen LogP contribution in [0.25, 0.3) is 5.57 Å². The molecule has 194 valence electrons. The van der Waals surface area contributed by atoms with Gasteiger partial charge in [-0.1, -0.05) is 13.0 Å². The van der Waals surface area contributed by atoms with Gasteiger partial charge in [-0.15, -0.1) is 5.10 Å². The highest BCUT2D eigenvalue weighted by Crippen LogP contribution is 2.36. The van der Waals surface area contributed by atoms with Crippen molar-refractivity contribution < 1.29 is 9.53 Å². The van der Waals surface area contributed by atoms with Gasteiger partial charge in [0.1, 0.15) is 11.5 Å². The lowest BCUT2D eigenvalue weighted by molar-refractivity contribution is -0.121. The summed E-state index contributed by atoms with van der Waals surface area (Å²) in [6.07, 6.45) is 8.92. The molecular formula is C26H33N9O2. The van der Waals surface area contributed by atoms with Crippen molar-refractivity contribution in [3.8, 4) is 5.88 Å². The molecule has 1 saturated heterocycles. The second kappa shape index (κ2) is 10.7. The predicted octanol–water partition coefficient (Wildman–Crippen LogP) is 2.28. The van der Waals surface area contributed by atoms with Crippen LogP contribution in [-0.4, -0.2) is 74.9 Å². The number of ether oxygens (including phenoxy) is 1. The minimum Gasteiger partial charge on any atom is -0.478 e. The Kier molecular flexibility index (Phi) is 7.15. The van der Waals surface area contributed by atoms with Gasteiger partial charge < -0.3 is 20.7 Å². The maximum atomic E-state index is 13.2. The van der Waals surface area contributed by atoms with E-state index in [1.807, 2.05) is 26.2 Å². The summed E-state index contributed by atoms with van der Waals surface area (Å²) in [7, 11) is 3.40. The van der Waals surface area contributed by atoms with Crippen LogP contribution in [0.3, 0.4) is 0 Å². The van der Waals surface area contributed by atoms with Crippen molar-refractivity contribution >= 4 is 28.9 Å². The number of hydrogen-bond acceptors (Lipinski definition) is 9. The van der Waals surface area contributed by atoms with Crippen molar-refractivity contribution in [2.45, 2.75) is 32.7 Å². The van der Waals surface area contributed by atoms with Gasteiger partial charge in [0, 0.05) is 56.8 Å². The average Bonchev–Trinajstić information content (AvgIpc) is 3.49. The van der Waals surface area contributed by atoms with E-state index in [0.29, 0.717) is 29.8 Å². The van der Waals surface area contributed by atoms with Crippen LogP contribution >= 0.6 is 0 Å². The average molecular weight is 504 g/mol. The summed E-state index contributed by atoms with van der Waals surface area (Å²) in [5.41, 5.74) is 5.49. The zero-order valence-corrected chi connectivity index (χ0v) is 21.7. The quantitative estimate of drug-likeness (QED) is 0.425. The normalized spacial score (nSPS) is 16.2. The standard InChI is InChI=1S/C26H33N9O2/c1-5-21(35-12-10-27-11-13-35)24(36)32-23-19-7-6-18(17(19)8-9-28-23)22-16(2)14-29-26(31-22)30-20-15-34(3)33-25(20)37-4/h6,8-9,14-15,21,27H,5,7,10-13H2,1-4H3,(H,28,32,36)(H,29,30,31). The zero-order chi connectivity index (χ0) is 25.9. The topological polar surface area (TPSA) is 122 Å². The van der Waals surface area contributed by atoms with Crippen LogP contribution in [0, 0.1) is 6.92 Å². The molecule has 4 heterocycles. The molecule has 1 aliphatic heterocycles. The number of piperazine rings is 1.